The van der Waals surface area contributed by atoms with Crippen molar-refractivity contribution in [2.24, 2.45) is 4.99 Å². The maximum absolute atomic E-state index is 12.5. The molecule has 0 aliphatic carbocycles. The molecule has 0 unspecified atom stereocenters. The van der Waals surface area contributed by atoms with Gasteiger partial charge in [-0.1, -0.05) is 19.8 Å². The number of aliphatic imine (C=N–C) groups is 1. The third-order valence-electron chi connectivity index (χ3n) is 4.55. The van der Waals surface area contributed by atoms with E-state index in [0.717, 1.165) is 19.3 Å². The standard InChI is InChI=1S/C21H25N3O4/c1-5-6-7-10-24-20(25)16(12-22)14(2)17(21(24)26)13-23-18-9-8-15(27-3)11-19(18)28-4/h8-9,11,13,26H,5-7,10H2,1-4H3. The Morgan fingerprint density at radius 2 is 2.04 bits per heavy atom. The zero-order chi connectivity index (χ0) is 20.7. The molecule has 0 atom stereocenters. The van der Waals surface area contributed by atoms with Crippen molar-refractivity contribution in [1.82, 2.24) is 4.57 Å². The van der Waals surface area contributed by atoms with Crippen LogP contribution in [-0.2, 0) is 6.54 Å². The molecule has 2 aromatic rings. The highest BCUT2D eigenvalue weighted by Crippen LogP contribution is 2.32. The number of pyridine rings is 1. The number of unbranched alkanes of at least 4 members (excludes halogenated alkanes) is 2. The smallest absolute Gasteiger partial charge is 0.271 e. The van der Waals surface area contributed by atoms with Crippen molar-refractivity contribution in [3.63, 3.8) is 0 Å². The molecular weight excluding hydrogens is 358 g/mol. The lowest BCUT2D eigenvalue weighted by atomic mass is 10.1. The van der Waals surface area contributed by atoms with Crippen LogP contribution >= 0.6 is 0 Å². The molecule has 0 saturated heterocycles. The molecule has 0 saturated carbocycles. The lowest BCUT2D eigenvalue weighted by molar-refractivity contribution is 0.395. The molecule has 0 radical (unpaired) electrons. The molecule has 28 heavy (non-hydrogen) atoms. The van der Waals surface area contributed by atoms with Gasteiger partial charge in [-0.3, -0.25) is 14.4 Å². The van der Waals surface area contributed by atoms with Gasteiger partial charge < -0.3 is 14.6 Å². The molecule has 0 fully saturated rings. The fourth-order valence-electron chi connectivity index (χ4n) is 2.88. The summed E-state index contributed by atoms with van der Waals surface area (Å²) in [6.45, 7) is 4.03. The van der Waals surface area contributed by atoms with Crippen molar-refractivity contribution < 1.29 is 14.6 Å². The average molecular weight is 383 g/mol. The number of hydrogen-bond acceptors (Lipinski definition) is 6. The Kier molecular flexibility index (Phi) is 7.21. The van der Waals surface area contributed by atoms with Gasteiger partial charge in [0.1, 0.15) is 28.8 Å². The monoisotopic (exact) mass is 383 g/mol. The number of hydrogen-bond donors (Lipinski definition) is 1. The molecule has 1 N–H and O–H groups in total. The number of ether oxygens (including phenoxy) is 2. The number of methoxy groups -OCH3 is 2. The van der Waals surface area contributed by atoms with E-state index in [4.69, 9.17) is 9.47 Å². The summed E-state index contributed by atoms with van der Waals surface area (Å²) in [5.41, 5.74) is 0.799. The first-order chi connectivity index (χ1) is 13.5. The third kappa shape index (κ3) is 4.34. The third-order valence-corrected chi connectivity index (χ3v) is 4.55. The average Bonchev–Trinajstić information content (AvgIpc) is 2.70. The summed E-state index contributed by atoms with van der Waals surface area (Å²) in [4.78, 5) is 16.9. The fourth-order valence-corrected chi connectivity index (χ4v) is 2.88. The number of nitriles is 1. The number of aromatic hydroxyl groups is 1. The Bertz CT molecular complexity index is 971. The molecule has 148 valence electrons. The van der Waals surface area contributed by atoms with E-state index in [1.807, 2.05) is 6.07 Å². The van der Waals surface area contributed by atoms with Crippen LogP contribution in [-0.4, -0.2) is 30.1 Å². The van der Waals surface area contributed by atoms with Gasteiger partial charge in [0.15, 0.2) is 0 Å². The lowest BCUT2D eigenvalue weighted by Crippen LogP contribution is -2.25. The molecule has 1 aromatic carbocycles. The maximum Gasteiger partial charge on any atom is 0.271 e. The van der Waals surface area contributed by atoms with Gasteiger partial charge in [0.2, 0.25) is 5.88 Å². The largest absolute Gasteiger partial charge is 0.497 e. The van der Waals surface area contributed by atoms with E-state index in [0.29, 0.717) is 34.9 Å². The van der Waals surface area contributed by atoms with E-state index in [1.165, 1.54) is 17.9 Å². The van der Waals surface area contributed by atoms with Crippen LogP contribution in [0.3, 0.4) is 0 Å². The predicted octanol–water partition coefficient (Wildman–Crippen LogP) is 3.69. The zero-order valence-electron chi connectivity index (χ0n) is 16.7. The number of rotatable bonds is 8. The van der Waals surface area contributed by atoms with Crippen LogP contribution < -0.4 is 15.0 Å². The Balaban J connectivity index is 2.53. The van der Waals surface area contributed by atoms with E-state index in [1.54, 1.807) is 32.2 Å². The first kappa shape index (κ1) is 21.0. The minimum atomic E-state index is -0.479. The molecule has 7 heteroatoms. The van der Waals surface area contributed by atoms with Crippen molar-refractivity contribution in [2.75, 3.05) is 14.2 Å². The molecule has 0 aliphatic heterocycles. The van der Waals surface area contributed by atoms with E-state index >= 15 is 0 Å². The van der Waals surface area contributed by atoms with E-state index in [-0.39, 0.29) is 11.4 Å². The molecule has 0 bridgehead atoms. The van der Waals surface area contributed by atoms with Crippen molar-refractivity contribution in [2.45, 2.75) is 39.7 Å². The van der Waals surface area contributed by atoms with Gasteiger partial charge in [0.25, 0.3) is 5.56 Å². The summed E-state index contributed by atoms with van der Waals surface area (Å²) in [6, 6.07) is 7.12. The van der Waals surface area contributed by atoms with Crippen LogP contribution in [0.4, 0.5) is 5.69 Å². The van der Waals surface area contributed by atoms with Crippen molar-refractivity contribution in [3.8, 4) is 23.4 Å². The van der Waals surface area contributed by atoms with Crippen LogP contribution in [0.2, 0.25) is 0 Å². The quantitative estimate of drug-likeness (QED) is 0.554. The SMILES string of the molecule is CCCCCn1c(O)c(C=Nc2ccc(OC)cc2OC)c(C)c(C#N)c1=O. The molecule has 0 amide bonds. The molecule has 0 spiro atoms. The summed E-state index contributed by atoms with van der Waals surface area (Å²) in [5, 5.41) is 20.1. The first-order valence-corrected chi connectivity index (χ1v) is 9.11. The van der Waals surface area contributed by atoms with Crippen LogP contribution in [0.25, 0.3) is 0 Å². The van der Waals surface area contributed by atoms with Crippen LogP contribution in [0.5, 0.6) is 17.4 Å². The Labute approximate surface area is 164 Å². The highest BCUT2D eigenvalue weighted by Gasteiger charge is 2.18. The van der Waals surface area contributed by atoms with Gasteiger partial charge in [-0.05, 0) is 31.0 Å². The minimum Gasteiger partial charge on any atom is -0.497 e. The highest BCUT2D eigenvalue weighted by molar-refractivity contribution is 5.88. The van der Waals surface area contributed by atoms with Gasteiger partial charge in [-0.25, -0.2) is 0 Å². The zero-order valence-corrected chi connectivity index (χ0v) is 16.7. The maximum atomic E-state index is 12.5. The molecule has 1 aromatic heterocycles. The minimum absolute atomic E-state index is 0.0115. The highest BCUT2D eigenvalue weighted by atomic mass is 16.5. The first-order valence-electron chi connectivity index (χ1n) is 9.11. The second-order valence-electron chi connectivity index (χ2n) is 6.31. The molecular formula is C21H25N3O4. The number of benzene rings is 1. The fraction of sp³-hybridized carbons (Fsp3) is 0.381. The second-order valence-corrected chi connectivity index (χ2v) is 6.31. The van der Waals surface area contributed by atoms with Crippen molar-refractivity contribution in [3.05, 3.63) is 45.2 Å². The van der Waals surface area contributed by atoms with Crippen LogP contribution in [0, 0.1) is 18.3 Å². The second kappa shape index (κ2) is 9.60. The summed E-state index contributed by atoms with van der Waals surface area (Å²) >= 11 is 0. The molecule has 1 heterocycles. The molecule has 0 aliphatic rings. The van der Waals surface area contributed by atoms with Gasteiger partial charge in [0.05, 0.1) is 19.8 Å². The van der Waals surface area contributed by atoms with Crippen LogP contribution in [0.1, 0.15) is 42.9 Å². The van der Waals surface area contributed by atoms with Gasteiger partial charge in [-0.15, -0.1) is 0 Å². The number of nitrogens with zero attached hydrogens (tertiary/aromatic N) is 3. The normalized spacial score (nSPS) is 10.8. The van der Waals surface area contributed by atoms with Gasteiger partial charge in [0, 0.05) is 18.8 Å². The van der Waals surface area contributed by atoms with E-state index in [2.05, 4.69) is 11.9 Å². The van der Waals surface area contributed by atoms with Crippen LogP contribution in [0.15, 0.2) is 28.0 Å². The van der Waals surface area contributed by atoms with Crippen molar-refractivity contribution >= 4 is 11.9 Å². The van der Waals surface area contributed by atoms with E-state index < -0.39 is 5.56 Å². The topological polar surface area (TPSA) is 96.8 Å². The molecule has 2 rings (SSSR count). The summed E-state index contributed by atoms with van der Waals surface area (Å²) < 4.78 is 11.7. The lowest BCUT2D eigenvalue weighted by Gasteiger charge is -2.14. The van der Waals surface area contributed by atoms with Gasteiger partial charge >= 0.3 is 0 Å². The van der Waals surface area contributed by atoms with E-state index in [9.17, 15) is 15.2 Å². The summed E-state index contributed by atoms with van der Waals surface area (Å²) in [5.74, 6) is 0.949. The molecule has 7 nitrogen and oxygen atoms in total. The number of aromatic nitrogens is 1. The Morgan fingerprint density at radius 3 is 2.64 bits per heavy atom. The van der Waals surface area contributed by atoms with Crippen molar-refractivity contribution in [1.29, 1.82) is 5.26 Å². The predicted molar refractivity (Wildman–Crippen MR) is 108 cm³/mol. The summed E-state index contributed by atoms with van der Waals surface area (Å²) in [6.07, 6.45) is 4.10. The van der Waals surface area contributed by atoms with Gasteiger partial charge in [-0.2, -0.15) is 5.26 Å². The summed E-state index contributed by atoms with van der Waals surface area (Å²) in [7, 11) is 3.09. The Hall–Kier alpha value is -3.27. The Morgan fingerprint density at radius 1 is 1.29 bits per heavy atom.